The molecule has 0 saturated heterocycles. The molecule has 14 heavy (non-hydrogen) atoms. The van der Waals surface area contributed by atoms with E-state index >= 15 is 0 Å². The van der Waals surface area contributed by atoms with Gasteiger partial charge in [-0.25, -0.2) is 4.39 Å². The molecule has 76 valence electrons. The Kier molecular flexibility index (Phi) is 3.84. The summed E-state index contributed by atoms with van der Waals surface area (Å²) in [4.78, 5) is 0. The highest BCUT2D eigenvalue weighted by Crippen LogP contribution is 2.22. The maximum absolute atomic E-state index is 13.1. The van der Waals surface area contributed by atoms with E-state index in [1.54, 1.807) is 13.2 Å². The average Bonchev–Trinajstić information content (AvgIpc) is 2.19. The Hall–Kier alpha value is -1.15. The minimum absolute atomic E-state index is 0.0376. The van der Waals surface area contributed by atoms with Crippen molar-refractivity contribution in [1.82, 2.24) is 0 Å². The van der Waals surface area contributed by atoms with Crippen LogP contribution in [0.25, 0.3) is 6.08 Å². The Morgan fingerprint density at radius 3 is 2.71 bits per heavy atom. The van der Waals surface area contributed by atoms with Gasteiger partial charge in [-0.05, 0) is 35.7 Å². The van der Waals surface area contributed by atoms with E-state index in [0.717, 1.165) is 17.5 Å². The monoisotopic (exact) mass is 194 g/mol. The van der Waals surface area contributed by atoms with E-state index in [1.807, 2.05) is 13.0 Å². The highest BCUT2D eigenvalue weighted by Gasteiger charge is 2.09. The van der Waals surface area contributed by atoms with E-state index in [0.29, 0.717) is 0 Å². The summed E-state index contributed by atoms with van der Waals surface area (Å²) in [5.41, 5.74) is 1.65. The molecule has 0 fully saturated rings. The zero-order valence-electron chi connectivity index (χ0n) is 8.59. The first kappa shape index (κ1) is 10.9. The first-order valence-electron chi connectivity index (χ1n) is 4.67. The topological polar surface area (TPSA) is 9.23 Å². The number of methoxy groups -OCH3 is 1. The van der Waals surface area contributed by atoms with Gasteiger partial charge in [-0.2, -0.15) is 0 Å². The van der Waals surface area contributed by atoms with Crippen LogP contribution in [0.3, 0.4) is 0 Å². The summed E-state index contributed by atoms with van der Waals surface area (Å²) in [5, 5.41) is 0. The molecule has 1 atom stereocenters. The van der Waals surface area contributed by atoms with Crippen LogP contribution in [0.15, 0.2) is 24.8 Å². The van der Waals surface area contributed by atoms with Crippen LogP contribution < -0.4 is 0 Å². The molecule has 0 saturated carbocycles. The molecule has 0 aliphatic heterocycles. The fraction of sp³-hybridized carbons (Fsp3) is 0.333. The molecule has 1 nitrogen and oxygen atoms in total. The largest absolute Gasteiger partial charge is 0.377 e. The molecule has 2 heteroatoms. The zero-order chi connectivity index (χ0) is 10.6. The van der Waals surface area contributed by atoms with Crippen LogP contribution in [0.4, 0.5) is 4.39 Å². The van der Waals surface area contributed by atoms with Gasteiger partial charge in [0.15, 0.2) is 0 Å². The molecule has 1 rings (SSSR count). The Labute approximate surface area is 84.2 Å². The average molecular weight is 194 g/mol. The lowest BCUT2D eigenvalue weighted by molar-refractivity contribution is 0.0997. The van der Waals surface area contributed by atoms with Gasteiger partial charge in [-0.1, -0.05) is 19.6 Å². The summed E-state index contributed by atoms with van der Waals surface area (Å²) in [6, 6.07) is 4.86. The second-order valence-corrected chi connectivity index (χ2v) is 3.15. The summed E-state index contributed by atoms with van der Waals surface area (Å²) in [7, 11) is 1.63. The SMILES string of the molecule is C=Cc1cc(F)cc(C(CC)OC)c1. The van der Waals surface area contributed by atoms with Gasteiger partial charge in [0.2, 0.25) is 0 Å². The minimum atomic E-state index is -0.243. The molecule has 1 unspecified atom stereocenters. The number of halogens is 1. The summed E-state index contributed by atoms with van der Waals surface area (Å²) in [5.74, 6) is -0.243. The predicted molar refractivity (Wildman–Crippen MR) is 56.5 cm³/mol. The quantitative estimate of drug-likeness (QED) is 0.712. The van der Waals surface area contributed by atoms with E-state index < -0.39 is 0 Å². The van der Waals surface area contributed by atoms with E-state index in [4.69, 9.17) is 4.74 Å². The summed E-state index contributed by atoms with van der Waals surface area (Å²) in [6.45, 7) is 5.62. The second-order valence-electron chi connectivity index (χ2n) is 3.15. The summed E-state index contributed by atoms with van der Waals surface area (Å²) in [6.07, 6.45) is 2.43. The molecule has 0 spiro atoms. The highest BCUT2D eigenvalue weighted by atomic mass is 19.1. The first-order valence-corrected chi connectivity index (χ1v) is 4.67. The van der Waals surface area contributed by atoms with Crippen LogP contribution in [0.5, 0.6) is 0 Å². The first-order chi connectivity index (χ1) is 6.71. The van der Waals surface area contributed by atoms with Gasteiger partial charge in [-0.3, -0.25) is 0 Å². The van der Waals surface area contributed by atoms with Crippen LogP contribution >= 0.6 is 0 Å². The lowest BCUT2D eigenvalue weighted by atomic mass is 10.0. The van der Waals surface area contributed by atoms with Gasteiger partial charge in [0, 0.05) is 7.11 Å². The van der Waals surface area contributed by atoms with Crippen LogP contribution in [-0.2, 0) is 4.74 Å². The molecular formula is C12H15FO. The van der Waals surface area contributed by atoms with Crippen molar-refractivity contribution in [3.8, 4) is 0 Å². The van der Waals surface area contributed by atoms with Crippen LogP contribution in [0, 0.1) is 5.82 Å². The Morgan fingerprint density at radius 1 is 1.50 bits per heavy atom. The molecule has 0 radical (unpaired) electrons. The molecule has 0 amide bonds. The molecular weight excluding hydrogens is 179 g/mol. The van der Waals surface area contributed by atoms with Gasteiger partial charge in [0.25, 0.3) is 0 Å². The van der Waals surface area contributed by atoms with Crippen LogP contribution in [0.2, 0.25) is 0 Å². The molecule has 0 aromatic heterocycles. The lowest BCUT2D eigenvalue weighted by Crippen LogP contribution is -2.00. The molecule has 1 aromatic carbocycles. The maximum atomic E-state index is 13.1. The number of ether oxygens (including phenoxy) is 1. The molecule has 0 bridgehead atoms. The lowest BCUT2D eigenvalue weighted by Gasteiger charge is -2.13. The fourth-order valence-corrected chi connectivity index (χ4v) is 1.48. The van der Waals surface area contributed by atoms with Crippen molar-refractivity contribution in [2.45, 2.75) is 19.4 Å². The normalized spacial score (nSPS) is 12.5. The van der Waals surface area contributed by atoms with Crippen molar-refractivity contribution in [1.29, 1.82) is 0 Å². The molecule has 1 aromatic rings. The van der Waals surface area contributed by atoms with E-state index in [-0.39, 0.29) is 11.9 Å². The number of hydrogen-bond acceptors (Lipinski definition) is 1. The number of hydrogen-bond donors (Lipinski definition) is 0. The van der Waals surface area contributed by atoms with Crippen molar-refractivity contribution >= 4 is 6.08 Å². The number of rotatable bonds is 4. The van der Waals surface area contributed by atoms with Crippen molar-refractivity contribution < 1.29 is 9.13 Å². The van der Waals surface area contributed by atoms with Gasteiger partial charge >= 0.3 is 0 Å². The van der Waals surface area contributed by atoms with E-state index in [1.165, 1.54) is 12.1 Å². The van der Waals surface area contributed by atoms with Gasteiger partial charge in [-0.15, -0.1) is 0 Å². The smallest absolute Gasteiger partial charge is 0.124 e. The predicted octanol–water partition coefficient (Wildman–Crippen LogP) is 3.57. The van der Waals surface area contributed by atoms with Gasteiger partial charge in [0.1, 0.15) is 5.82 Å². The molecule has 0 heterocycles. The minimum Gasteiger partial charge on any atom is -0.377 e. The molecule has 0 N–H and O–H groups in total. The standard InChI is InChI=1S/C12H15FO/c1-4-9-6-10(8-11(13)7-9)12(5-2)14-3/h4,6-8,12H,1,5H2,2-3H3. The van der Waals surface area contributed by atoms with Crippen molar-refractivity contribution in [3.05, 3.63) is 41.7 Å². The Morgan fingerprint density at radius 2 is 2.21 bits per heavy atom. The highest BCUT2D eigenvalue weighted by molar-refractivity contribution is 5.48. The maximum Gasteiger partial charge on any atom is 0.124 e. The van der Waals surface area contributed by atoms with Crippen LogP contribution in [-0.4, -0.2) is 7.11 Å². The van der Waals surface area contributed by atoms with Crippen LogP contribution in [0.1, 0.15) is 30.6 Å². The zero-order valence-corrected chi connectivity index (χ0v) is 8.59. The molecule has 0 aliphatic rings. The summed E-state index contributed by atoms with van der Waals surface area (Å²) >= 11 is 0. The van der Waals surface area contributed by atoms with Crippen molar-refractivity contribution in [2.24, 2.45) is 0 Å². The van der Waals surface area contributed by atoms with Gasteiger partial charge in [0.05, 0.1) is 6.10 Å². The second kappa shape index (κ2) is 4.91. The third kappa shape index (κ3) is 2.42. The van der Waals surface area contributed by atoms with Crippen molar-refractivity contribution in [3.63, 3.8) is 0 Å². The number of benzene rings is 1. The Balaban J connectivity index is 3.07. The van der Waals surface area contributed by atoms with E-state index in [2.05, 4.69) is 6.58 Å². The van der Waals surface area contributed by atoms with Crippen molar-refractivity contribution in [2.75, 3.05) is 7.11 Å². The Bertz CT molecular complexity index is 316. The van der Waals surface area contributed by atoms with E-state index in [9.17, 15) is 4.39 Å². The third-order valence-electron chi connectivity index (χ3n) is 2.21. The third-order valence-corrected chi connectivity index (χ3v) is 2.21. The van der Waals surface area contributed by atoms with Gasteiger partial charge < -0.3 is 4.74 Å². The molecule has 0 aliphatic carbocycles. The summed E-state index contributed by atoms with van der Waals surface area (Å²) < 4.78 is 18.4. The fourth-order valence-electron chi connectivity index (χ4n) is 1.48.